The Morgan fingerprint density at radius 1 is 1.83 bits per heavy atom. The van der Waals surface area contributed by atoms with Crippen LogP contribution < -0.4 is 0 Å². The van der Waals surface area contributed by atoms with Gasteiger partial charge in [-0.15, -0.1) is 0 Å². The molecule has 0 amide bonds. The molecule has 0 spiro atoms. The summed E-state index contributed by atoms with van der Waals surface area (Å²) in [5, 5.41) is 11.8. The van der Waals surface area contributed by atoms with Crippen LogP contribution in [0.1, 0.15) is 6.42 Å². The number of aliphatic imine (C=N–C) groups is 1. The van der Waals surface area contributed by atoms with Crippen molar-refractivity contribution in [1.29, 1.82) is 5.26 Å². The van der Waals surface area contributed by atoms with Gasteiger partial charge in [0.1, 0.15) is 6.04 Å². The quantitative estimate of drug-likeness (QED) is 0.202. The minimum Gasteiger partial charge on any atom is -0.487 e. The Morgan fingerprint density at radius 2 is 2.58 bits per heavy atom. The van der Waals surface area contributed by atoms with Gasteiger partial charge in [-0.3, -0.25) is 0 Å². The zero-order valence-electron chi connectivity index (χ0n) is 6.71. The van der Waals surface area contributed by atoms with Crippen LogP contribution in [0.5, 0.6) is 0 Å². The molecule has 0 aliphatic rings. The van der Waals surface area contributed by atoms with Crippen molar-refractivity contribution in [2.75, 3.05) is 13.7 Å². The minimum absolute atomic E-state index is 0.274. The van der Waals surface area contributed by atoms with Crippen molar-refractivity contribution in [3.63, 3.8) is 0 Å². The van der Waals surface area contributed by atoms with Crippen LogP contribution in [-0.2, 0) is 4.74 Å². The van der Waals surface area contributed by atoms with E-state index in [0.29, 0.717) is 6.42 Å². The molecule has 6 nitrogen and oxygen atoms in total. The molecule has 12 heavy (non-hydrogen) atoms. The molecule has 0 heterocycles. The van der Waals surface area contributed by atoms with Crippen LogP contribution in [-0.4, -0.2) is 26.1 Å². The van der Waals surface area contributed by atoms with Crippen LogP contribution in [0.3, 0.4) is 0 Å². The van der Waals surface area contributed by atoms with Crippen LogP contribution in [0, 0.1) is 11.3 Å². The Balaban J connectivity index is 3.77. The number of ether oxygens (including phenoxy) is 1. The highest BCUT2D eigenvalue weighted by atomic mass is 16.5. The second-order valence-corrected chi connectivity index (χ2v) is 1.88. The van der Waals surface area contributed by atoms with E-state index in [1.54, 1.807) is 0 Å². The first-order valence-corrected chi connectivity index (χ1v) is 3.30. The Morgan fingerprint density at radius 3 is 3.08 bits per heavy atom. The summed E-state index contributed by atoms with van der Waals surface area (Å²) in [4.78, 5) is 6.30. The molecular formula is C6H9N5O. The number of azide groups is 1. The summed E-state index contributed by atoms with van der Waals surface area (Å²) in [6, 6.07) is 1.44. The van der Waals surface area contributed by atoms with E-state index >= 15 is 0 Å². The molecule has 1 unspecified atom stereocenters. The third-order valence-corrected chi connectivity index (χ3v) is 1.06. The van der Waals surface area contributed by atoms with E-state index in [4.69, 9.17) is 10.8 Å². The number of nitriles is 1. The molecule has 0 aromatic carbocycles. The SMILES string of the molecule is COC=NC(C#N)CCN=[N+]=[N-]. The summed E-state index contributed by atoms with van der Waals surface area (Å²) in [5.41, 5.74) is 7.94. The average Bonchev–Trinajstić information content (AvgIpc) is 2.11. The topological polar surface area (TPSA) is 94.1 Å². The molecule has 0 N–H and O–H groups in total. The van der Waals surface area contributed by atoms with Crippen molar-refractivity contribution in [3.8, 4) is 6.07 Å². The van der Waals surface area contributed by atoms with E-state index < -0.39 is 6.04 Å². The van der Waals surface area contributed by atoms with Crippen LogP contribution in [0.25, 0.3) is 10.4 Å². The Labute approximate surface area is 70.1 Å². The highest BCUT2D eigenvalue weighted by Crippen LogP contribution is 1.95. The summed E-state index contributed by atoms with van der Waals surface area (Å²) < 4.78 is 4.53. The average molecular weight is 167 g/mol. The van der Waals surface area contributed by atoms with Crippen molar-refractivity contribution in [3.05, 3.63) is 10.4 Å². The third kappa shape index (κ3) is 5.09. The van der Waals surface area contributed by atoms with E-state index in [1.807, 2.05) is 6.07 Å². The molecule has 0 fully saturated rings. The summed E-state index contributed by atoms with van der Waals surface area (Å²) in [6.45, 7) is 0.274. The minimum atomic E-state index is -0.490. The van der Waals surface area contributed by atoms with Gasteiger partial charge < -0.3 is 4.74 Å². The maximum Gasteiger partial charge on any atom is 0.170 e. The largest absolute Gasteiger partial charge is 0.487 e. The Bertz CT molecular complexity index is 225. The fraction of sp³-hybridized carbons (Fsp3) is 0.667. The van der Waals surface area contributed by atoms with Gasteiger partial charge in [0.05, 0.1) is 13.2 Å². The number of methoxy groups -OCH3 is 1. The van der Waals surface area contributed by atoms with Crippen LogP contribution >= 0.6 is 0 Å². The molecule has 0 radical (unpaired) electrons. The molecule has 0 aliphatic heterocycles. The lowest BCUT2D eigenvalue weighted by atomic mass is 10.2. The van der Waals surface area contributed by atoms with Gasteiger partial charge in [-0.05, 0) is 12.0 Å². The summed E-state index contributed by atoms with van der Waals surface area (Å²) in [7, 11) is 1.45. The second kappa shape index (κ2) is 7.38. The van der Waals surface area contributed by atoms with Gasteiger partial charge >= 0.3 is 0 Å². The molecular weight excluding hydrogens is 158 g/mol. The molecule has 64 valence electrons. The highest BCUT2D eigenvalue weighted by Gasteiger charge is 2.01. The van der Waals surface area contributed by atoms with E-state index in [9.17, 15) is 0 Å². The van der Waals surface area contributed by atoms with Gasteiger partial charge in [-0.1, -0.05) is 5.11 Å². The first-order valence-electron chi connectivity index (χ1n) is 3.30. The van der Waals surface area contributed by atoms with Gasteiger partial charge in [-0.25, -0.2) is 4.99 Å². The molecule has 6 heteroatoms. The molecule has 0 rings (SSSR count). The lowest BCUT2D eigenvalue weighted by molar-refractivity contribution is 0.419. The first-order chi connectivity index (χ1) is 5.85. The van der Waals surface area contributed by atoms with E-state index in [0.717, 1.165) is 0 Å². The monoisotopic (exact) mass is 167 g/mol. The highest BCUT2D eigenvalue weighted by molar-refractivity contribution is 5.46. The van der Waals surface area contributed by atoms with E-state index in [2.05, 4.69) is 19.8 Å². The summed E-state index contributed by atoms with van der Waals surface area (Å²) in [6.07, 6.45) is 1.62. The molecule has 0 saturated carbocycles. The second-order valence-electron chi connectivity index (χ2n) is 1.88. The van der Waals surface area contributed by atoms with Crippen LogP contribution in [0.2, 0.25) is 0 Å². The third-order valence-electron chi connectivity index (χ3n) is 1.06. The maximum absolute atomic E-state index is 8.50. The molecule has 1 atom stereocenters. The summed E-state index contributed by atoms with van der Waals surface area (Å²) >= 11 is 0. The number of hydrogen-bond donors (Lipinski definition) is 0. The van der Waals surface area contributed by atoms with Gasteiger partial charge in [-0.2, -0.15) is 5.26 Å². The lowest BCUT2D eigenvalue weighted by Gasteiger charge is -1.97. The zero-order valence-corrected chi connectivity index (χ0v) is 6.71. The molecule has 0 aliphatic carbocycles. The summed E-state index contributed by atoms with van der Waals surface area (Å²) in [5.74, 6) is 0. The van der Waals surface area contributed by atoms with E-state index in [-0.39, 0.29) is 6.54 Å². The Hall–Kier alpha value is -1.73. The van der Waals surface area contributed by atoms with Crippen molar-refractivity contribution in [2.45, 2.75) is 12.5 Å². The molecule has 0 bridgehead atoms. The molecule has 0 aromatic rings. The number of rotatable bonds is 5. The smallest absolute Gasteiger partial charge is 0.170 e. The predicted octanol–water partition coefficient (Wildman–Crippen LogP) is 1.25. The fourth-order valence-electron chi connectivity index (χ4n) is 0.531. The zero-order chi connectivity index (χ0) is 9.23. The van der Waals surface area contributed by atoms with Gasteiger partial charge in [0.15, 0.2) is 6.40 Å². The lowest BCUT2D eigenvalue weighted by Crippen LogP contribution is -2.03. The van der Waals surface area contributed by atoms with Gasteiger partial charge in [0.2, 0.25) is 0 Å². The number of nitrogens with zero attached hydrogens (tertiary/aromatic N) is 5. The predicted molar refractivity (Wildman–Crippen MR) is 43.5 cm³/mol. The van der Waals surface area contributed by atoms with Gasteiger partial charge in [0, 0.05) is 11.5 Å². The van der Waals surface area contributed by atoms with Crippen molar-refractivity contribution in [2.24, 2.45) is 10.1 Å². The first kappa shape index (κ1) is 10.3. The maximum atomic E-state index is 8.50. The van der Waals surface area contributed by atoms with E-state index in [1.165, 1.54) is 13.5 Å². The molecule has 0 aromatic heterocycles. The van der Waals surface area contributed by atoms with Crippen molar-refractivity contribution < 1.29 is 4.74 Å². The van der Waals surface area contributed by atoms with Crippen LogP contribution in [0.15, 0.2) is 10.1 Å². The van der Waals surface area contributed by atoms with Crippen molar-refractivity contribution in [1.82, 2.24) is 0 Å². The fourth-order valence-corrected chi connectivity index (χ4v) is 0.531. The normalized spacial score (nSPS) is 11.7. The van der Waals surface area contributed by atoms with Crippen molar-refractivity contribution >= 4 is 6.40 Å². The Kier molecular flexibility index (Phi) is 6.31. The molecule has 0 saturated heterocycles. The van der Waals surface area contributed by atoms with Gasteiger partial charge in [0.25, 0.3) is 0 Å². The van der Waals surface area contributed by atoms with Crippen LogP contribution in [0.4, 0.5) is 0 Å². The standard InChI is InChI=1S/C6H9N5O/c1-12-5-9-6(4-7)2-3-10-11-8/h5-6H,2-3H2,1H3. The number of hydrogen-bond acceptors (Lipinski definition) is 4.